The van der Waals surface area contributed by atoms with E-state index >= 15 is 0 Å². The molecule has 0 spiro atoms. The summed E-state index contributed by atoms with van der Waals surface area (Å²) in [5.41, 5.74) is 2.05. The van der Waals surface area contributed by atoms with Crippen molar-refractivity contribution in [2.24, 2.45) is 0 Å². The Morgan fingerprint density at radius 2 is 1.04 bits per heavy atom. The van der Waals surface area contributed by atoms with Gasteiger partial charge < -0.3 is 8.83 Å². The second-order valence-corrected chi connectivity index (χ2v) is 5.63. The zero-order chi connectivity index (χ0) is 15.9. The Morgan fingerprint density at radius 3 is 1.50 bits per heavy atom. The molecule has 0 bridgehead atoms. The van der Waals surface area contributed by atoms with Gasteiger partial charge in [-0.05, 0) is 12.1 Å². The number of benzene rings is 1. The fourth-order valence-electron chi connectivity index (χ4n) is 3.01. The molecule has 5 aromatic rings. The van der Waals surface area contributed by atoms with Crippen molar-refractivity contribution in [3.8, 4) is 22.6 Å². The van der Waals surface area contributed by atoms with Crippen molar-refractivity contribution in [3.63, 3.8) is 0 Å². The zero-order valence-corrected chi connectivity index (χ0v) is 12.6. The smallest absolute Gasteiger partial charge is 0.141 e. The van der Waals surface area contributed by atoms with E-state index in [0.29, 0.717) is 0 Å². The molecule has 0 fully saturated rings. The molecular formula is C20H12N2O2. The molecule has 0 aliphatic rings. The van der Waals surface area contributed by atoms with E-state index in [0.717, 1.165) is 44.2 Å². The van der Waals surface area contributed by atoms with Gasteiger partial charge in [0.25, 0.3) is 0 Å². The molecule has 0 unspecified atom stereocenters. The molecule has 4 heteroatoms. The van der Waals surface area contributed by atoms with E-state index < -0.39 is 0 Å². The van der Waals surface area contributed by atoms with Crippen molar-refractivity contribution in [2.75, 3.05) is 0 Å². The fourth-order valence-corrected chi connectivity index (χ4v) is 3.01. The molecule has 24 heavy (non-hydrogen) atoms. The van der Waals surface area contributed by atoms with Gasteiger partial charge in [-0.25, -0.2) is 0 Å². The van der Waals surface area contributed by atoms with Crippen LogP contribution in [0.2, 0.25) is 0 Å². The maximum Gasteiger partial charge on any atom is 0.141 e. The largest absolute Gasteiger partial charge is 0.463 e. The van der Waals surface area contributed by atoms with Gasteiger partial charge in [0.1, 0.15) is 24.0 Å². The van der Waals surface area contributed by atoms with Crippen molar-refractivity contribution >= 4 is 21.5 Å². The van der Waals surface area contributed by atoms with E-state index in [2.05, 4.69) is 9.97 Å². The Balaban J connectivity index is 1.60. The van der Waals surface area contributed by atoms with Crippen LogP contribution in [0.25, 0.3) is 44.2 Å². The molecule has 0 atom stereocenters. The lowest BCUT2D eigenvalue weighted by Crippen LogP contribution is -1.79. The van der Waals surface area contributed by atoms with E-state index in [-0.39, 0.29) is 0 Å². The number of aromatic nitrogens is 2. The lowest BCUT2D eigenvalue weighted by molar-refractivity contribution is 0.585. The highest BCUT2D eigenvalue weighted by atomic mass is 16.3. The van der Waals surface area contributed by atoms with Crippen molar-refractivity contribution in [3.05, 3.63) is 73.7 Å². The lowest BCUT2D eigenvalue weighted by Gasteiger charge is -2.02. The van der Waals surface area contributed by atoms with Crippen LogP contribution in [-0.2, 0) is 0 Å². The Morgan fingerprint density at radius 1 is 0.583 bits per heavy atom. The van der Waals surface area contributed by atoms with Gasteiger partial charge in [0.15, 0.2) is 0 Å². The summed E-state index contributed by atoms with van der Waals surface area (Å²) in [6.07, 6.45) is 10.6. The number of furan rings is 2. The number of hydrogen-bond acceptors (Lipinski definition) is 4. The predicted octanol–water partition coefficient (Wildman–Crippen LogP) is 5.30. The molecule has 4 heterocycles. The van der Waals surface area contributed by atoms with Crippen LogP contribution in [0.3, 0.4) is 0 Å². The Labute approximate surface area is 137 Å². The number of nitrogens with zero attached hydrogens (tertiary/aromatic N) is 2. The quantitative estimate of drug-likeness (QED) is 0.443. The minimum absolute atomic E-state index is 0.854. The maximum absolute atomic E-state index is 5.73. The maximum atomic E-state index is 5.73. The predicted molar refractivity (Wildman–Crippen MR) is 92.4 cm³/mol. The molecule has 0 radical (unpaired) electrons. The second-order valence-electron chi connectivity index (χ2n) is 5.63. The van der Waals surface area contributed by atoms with Crippen LogP contribution in [0.5, 0.6) is 0 Å². The van der Waals surface area contributed by atoms with Crippen LogP contribution in [0.4, 0.5) is 0 Å². The average molecular weight is 312 g/mol. The van der Waals surface area contributed by atoms with Crippen LogP contribution in [0, 0.1) is 0 Å². The van der Waals surface area contributed by atoms with E-state index in [1.165, 1.54) is 0 Å². The number of pyridine rings is 2. The highest BCUT2D eigenvalue weighted by Gasteiger charge is 2.11. The summed E-state index contributed by atoms with van der Waals surface area (Å²) in [6, 6.07) is 12.1. The van der Waals surface area contributed by atoms with Gasteiger partial charge >= 0.3 is 0 Å². The van der Waals surface area contributed by atoms with Crippen molar-refractivity contribution in [1.29, 1.82) is 0 Å². The summed E-state index contributed by atoms with van der Waals surface area (Å²) in [5, 5.41) is 4.13. The molecule has 0 amide bonds. The van der Waals surface area contributed by atoms with Gasteiger partial charge in [0.05, 0.1) is 0 Å². The summed E-state index contributed by atoms with van der Waals surface area (Å²) in [6.45, 7) is 0. The highest BCUT2D eigenvalue weighted by molar-refractivity contribution is 5.95. The summed E-state index contributed by atoms with van der Waals surface area (Å²) in [4.78, 5) is 8.24. The molecule has 0 saturated carbocycles. The molecule has 0 saturated heterocycles. The minimum Gasteiger partial charge on any atom is -0.463 e. The normalized spacial score (nSPS) is 11.3. The Bertz CT molecular complexity index is 1060. The number of rotatable bonds is 2. The van der Waals surface area contributed by atoms with Gasteiger partial charge in [-0.3, -0.25) is 9.97 Å². The lowest BCUT2D eigenvalue weighted by atomic mass is 10.0. The summed E-state index contributed by atoms with van der Waals surface area (Å²) >= 11 is 0. The van der Waals surface area contributed by atoms with E-state index in [4.69, 9.17) is 8.83 Å². The molecule has 114 valence electrons. The van der Waals surface area contributed by atoms with Crippen molar-refractivity contribution in [2.45, 2.75) is 0 Å². The first kappa shape index (κ1) is 13.1. The van der Waals surface area contributed by atoms with Gasteiger partial charge in [-0.2, -0.15) is 0 Å². The Hall–Kier alpha value is -3.40. The first-order chi connectivity index (χ1) is 11.9. The van der Waals surface area contributed by atoms with Gasteiger partial charge in [-0.1, -0.05) is 24.3 Å². The SMILES string of the molecule is c1cc2c(-c3ccc(-c4occ5cnccc45)cc3)occ2cn1. The molecule has 0 aliphatic carbocycles. The molecule has 1 aromatic carbocycles. The fraction of sp³-hybridized carbons (Fsp3) is 0. The zero-order valence-electron chi connectivity index (χ0n) is 12.6. The number of hydrogen-bond donors (Lipinski definition) is 0. The molecular weight excluding hydrogens is 300 g/mol. The third-order valence-electron chi connectivity index (χ3n) is 4.21. The van der Waals surface area contributed by atoms with Crippen LogP contribution in [0.15, 0.2) is 82.5 Å². The third kappa shape index (κ3) is 1.93. The molecule has 4 nitrogen and oxygen atoms in total. The molecule has 0 N–H and O–H groups in total. The van der Waals surface area contributed by atoms with Crippen LogP contribution < -0.4 is 0 Å². The van der Waals surface area contributed by atoms with Gasteiger partial charge in [0.2, 0.25) is 0 Å². The standard InChI is InChI=1S/C20H12N2O2/c1-2-14(20-18-6-8-22-10-16(18)12-24-20)4-3-13(1)19-17-5-7-21-9-15(17)11-23-19/h1-12H. The van der Waals surface area contributed by atoms with E-state index in [1.807, 2.05) is 36.4 Å². The molecule has 0 aliphatic heterocycles. The Kier molecular flexibility index (Phi) is 2.76. The molecule has 5 rings (SSSR count). The van der Waals surface area contributed by atoms with Gasteiger partial charge in [-0.15, -0.1) is 0 Å². The minimum atomic E-state index is 0.854. The van der Waals surface area contributed by atoms with Crippen molar-refractivity contribution in [1.82, 2.24) is 9.97 Å². The summed E-state index contributed by atoms with van der Waals surface area (Å²) < 4.78 is 11.5. The second kappa shape index (κ2) is 5.06. The highest BCUT2D eigenvalue weighted by Crippen LogP contribution is 2.34. The first-order valence-corrected chi connectivity index (χ1v) is 7.63. The van der Waals surface area contributed by atoms with Crippen molar-refractivity contribution < 1.29 is 8.83 Å². The average Bonchev–Trinajstić information content (AvgIpc) is 3.26. The summed E-state index contributed by atoms with van der Waals surface area (Å²) in [7, 11) is 0. The monoisotopic (exact) mass is 312 g/mol. The van der Waals surface area contributed by atoms with Gasteiger partial charge in [0, 0.05) is 57.5 Å². The third-order valence-corrected chi connectivity index (χ3v) is 4.21. The van der Waals surface area contributed by atoms with Crippen LogP contribution in [0.1, 0.15) is 0 Å². The van der Waals surface area contributed by atoms with E-state index in [1.54, 1.807) is 37.3 Å². The van der Waals surface area contributed by atoms with E-state index in [9.17, 15) is 0 Å². The molecule has 4 aromatic heterocycles. The van der Waals surface area contributed by atoms with Crippen LogP contribution >= 0.6 is 0 Å². The summed E-state index contributed by atoms with van der Waals surface area (Å²) in [5.74, 6) is 1.71. The topological polar surface area (TPSA) is 52.1 Å². The first-order valence-electron chi connectivity index (χ1n) is 7.63. The number of fused-ring (bicyclic) bond motifs is 2. The van der Waals surface area contributed by atoms with Crippen LogP contribution in [-0.4, -0.2) is 9.97 Å².